The fraction of sp³-hybridized carbons (Fsp3) is 0.381. The predicted molar refractivity (Wildman–Crippen MR) is 115 cm³/mol. The lowest BCUT2D eigenvalue weighted by molar-refractivity contribution is -0.145. The van der Waals surface area contributed by atoms with Gasteiger partial charge in [-0.05, 0) is 52.3 Å². The van der Waals surface area contributed by atoms with Crippen LogP contribution in [-0.2, 0) is 9.53 Å². The molecule has 0 bridgehead atoms. The van der Waals surface area contributed by atoms with Gasteiger partial charge in [-0.2, -0.15) is 0 Å². The highest BCUT2D eigenvalue weighted by Gasteiger charge is 2.32. The summed E-state index contributed by atoms with van der Waals surface area (Å²) in [5, 5.41) is 1.77. The van der Waals surface area contributed by atoms with E-state index in [4.69, 9.17) is 9.47 Å². The van der Waals surface area contributed by atoms with Gasteiger partial charge in [0.1, 0.15) is 26.7 Å². The van der Waals surface area contributed by atoms with E-state index in [1.807, 2.05) is 39.8 Å². The third kappa shape index (κ3) is 4.15. The van der Waals surface area contributed by atoms with Gasteiger partial charge in [-0.3, -0.25) is 4.79 Å². The summed E-state index contributed by atoms with van der Waals surface area (Å²) in [5.41, 5.74) is 2.18. The summed E-state index contributed by atoms with van der Waals surface area (Å²) >= 11 is 3.05. The number of benzene rings is 1. The number of carbonyl (C=O) groups excluding carboxylic acids is 1. The molecule has 5 nitrogen and oxygen atoms in total. The van der Waals surface area contributed by atoms with Gasteiger partial charge >= 0.3 is 5.97 Å². The Bertz CT molecular complexity index is 981. The average molecular weight is 417 g/mol. The third-order valence-electron chi connectivity index (χ3n) is 4.20. The normalized spacial score (nSPS) is 11.6. The van der Waals surface area contributed by atoms with Crippen LogP contribution < -0.4 is 4.74 Å². The predicted octanol–water partition coefficient (Wildman–Crippen LogP) is 5.50. The van der Waals surface area contributed by atoms with E-state index >= 15 is 0 Å². The number of carbonyl (C=O) groups is 1. The monoisotopic (exact) mass is 416 g/mol. The molecule has 3 rings (SSSR count). The minimum absolute atomic E-state index is 0.249. The number of thiophene rings is 1. The number of fused-ring (bicyclic) bond motifs is 1. The van der Waals surface area contributed by atoms with Crippen LogP contribution in [0.4, 0.5) is 0 Å². The Kier molecular flexibility index (Phi) is 6.25. The van der Waals surface area contributed by atoms with Crippen molar-refractivity contribution in [2.24, 2.45) is 0 Å². The molecule has 0 fully saturated rings. The second-order valence-corrected chi connectivity index (χ2v) is 9.50. The quantitative estimate of drug-likeness (QED) is 0.288. The summed E-state index contributed by atoms with van der Waals surface area (Å²) in [5.74, 6) is 0.596. The summed E-state index contributed by atoms with van der Waals surface area (Å²) in [6.45, 7) is 10.6. The van der Waals surface area contributed by atoms with Crippen LogP contribution in [0, 0.1) is 6.92 Å². The molecule has 0 spiro atoms. The Labute approximate surface area is 173 Å². The Balaban J connectivity index is 2.07. The number of aryl methyl sites for hydroxylation is 1. The lowest BCUT2D eigenvalue weighted by Gasteiger charge is -2.21. The number of hydrogen-bond acceptors (Lipinski definition) is 7. The largest absolute Gasteiger partial charge is 0.494 e. The number of thioether (sulfide) groups is 1. The van der Waals surface area contributed by atoms with E-state index in [2.05, 4.69) is 29.0 Å². The summed E-state index contributed by atoms with van der Waals surface area (Å²) in [4.78, 5) is 23.4. The van der Waals surface area contributed by atoms with Crippen LogP contribution in [0.25, 0.3) is 21.3 Å². The molecule has 0 aliphatic carbocycles. The molecule has 2 heterocycles. The van der Waals surface area contributed by atoms with Crippen molar-refractivity contribution in [3.05, 3.63) is 35.5 Å². The van der Waals surface area contributed by atoms with Crippen molar-refractivity contribution < 1.29 is 14.3 Å². The Morgan fingerprint density at radius 3 is 2.50 bits per heavy atom. The highest BCUT2D eigenvalue weighted by atomic mass is 32.2. The van der Waals surface area contributed by atoms with Crippen LogP contribution in [0.2, 0.25) is 0 Å². The van der Waals surface area contributed by atoms with Crippen molar-refractivity contribution in [2.75, 3.05) is 13.2 Å². The Morgan fingerprint density at radius 2 is 1.86 bits per heavy atom. The van der Waals surface area contributed by atoms with Crippen LogP contribution in [0.5, 0.6) is 5.75 Å². The Morgan fingerprint density at radius 1 is 1.14 bits per heavy atom. The third-order valence-corrected chi connectivity index (χ3v) is 6.40. The number of ether oxygens (including phenoxy) is 2. The first kappa shape index (κ1) is 20.6. The van der Waals surface area contributed by atoms with Gasteiger partial charge in [0, 0.05) is 10.4 Å². The molecule has 0 saturated heterocycles. The molecule has 28 heavy (non-hydrogen) atoms. The number of aromatic nitrogens is 2. The second-order valence-electron chi connectivity index (χ2n) is 6.68. The zero-order chi connectivity index (χ0) is 20.3. The van der Waals surface area contributed by atoms with Gasteiger partial charge in [-0.25, -0.2) is 9.97 Å². The molecule has 0 aliphatic heterocycles. The van der Waals surface area contributed by atoms with E-state index in [0.717, 1.165) is 37.0 Å². The van der Waals surface area contributed by atoms with Crippen molar-refractivity contribution in [3.63, 3.8) is 0 Å². The van der Waals surface area contributed by atoms with E-state index < -0.39 is 4.75 Å². The van der Waals surface area contributed by atoms with Crippen molar-refractivity contribution in [2.45, 2.75) is 44.4 Å². The van der Waals surface area contributed by atoms with Crippen molar-refractivity contribution in [3.8, 4) is 16.9 Å². The van der Waals surface area contributed by atoms with Crippen LogP contribution in [0.15, 0.2) is 35.6 Å². The van der Waals surface area contributed by atoms with E-state index in [-0.39, 0.29) is 5.97 Å². The molecule has 7 heteroatoms. The average Bonchev–Trinajstić information content (AvgIpc) is 2.99. The first-order valence-corrected chi connectivity index (χ1v) is 10.8. The molecule has 1 aromatic carbocycles. The first-order chi connectivity index (χ1) is 13.4. The zero-order valence-electron chi connectivity index (χ0n) is 16.7. The Hall–Kier alpha value is -2.12. The summed E-state index contributed by atoms with van der Waals surface area (Å²) < 4.78 is 10.0. The molecule has 2 aromatic heterocycles. The van der Waals surface area contributed by atoms with E-state index in [0.29, 0.717) is 13.2 Å². The van der Waals surface area contributed by atoms with Crippen molar-refractivity contribution >= 4 is 39.3 Å². The fourth-order valence-corrected chi connectivity index (χ4v) is 5.02. The number of hydrogen-bond donors (Lipinski definition) is 0. The molecular formula is C21H24N2O3S2. The molecule has 0 aliphatic rings. The van der Waals surface area contributed by atoms with Gasteiger partial charge in [0.15, 0.2) is 0 Å². The molecule has 0 atom stereocenters. The summed E-state index contributed by atoms with van der Waals surface area (Å²) in [6, 6.07) is 8.05. The molecule has 0 radical (unpaired) electrons. The van der Waals surface area contributed by atoms with Gasteiger partial charge in [0.2, 0.25) is 0 Å². The minimum Gasteiger partial charge on any atom is -0.494 e. The first-order valence-electron chi connectivity index (χ1n) is 9.21. The summed E-state index contributed by atoms with van der Waals surface area (Å²) in [6.07, 6.45) is 1.56. The zero-order valence-corrected chi connectivity index (χ0v) is 18.4. The number of esters is 1. The molecule has 0 unspecified atom stereocenters. The molecule has 0 saturated carbocycles. The number of rotatable bonds is 7. The topological polar surface area (TPSA) is 61.3 Å². The van der Waals surface area contributed by atoms with Crippen LogP contribution in [-0.4, -0.2) is 33.9 Å². The highest BCUT2D eigenvalue weighted by molar-refractivity contribution is 8.01. The van der Waals surface area contributed by atoms with Crippen LogP contribution in [0.3, 0.4) is 0 Å². The SMILES string of the molecule is CCOC(=O)C(C)(C)Sc1ncnc2sc(C)c(-c3ccc(OCC)cc3)c12. The van der Waals surface area contributed by atoms with Crippen molar-refractivity contribution in [1.82, 2.24) is 9.97 Å². The lowest BCUT2D eigenvalue weighted by Crippen LogP contribution is -2.30. The number of nitrogens with zero attached hydrogens (tertiary/aromatic N) is 2. The van der Waals surface area contributed by atoms with Gasteiger partial charge in [-0.15, -0.1) is 11.3 Å². The molecular weight excluding hydrogens is 392 g/mol. The second kappa shape index (κ2) is 8.49. The van der Waals surface area contributed by atoms with Gasteiger partial charge in [0.05, 0.1) is 18.6 Å². The molecule has 148 valence electrons. The van der Waals surface area contributed by atoms with Gasteiger partial charge < -0.3 is 9.47 Å². The van der Waals surface area contributed by atoms with E-state index in [1.165, 1.54) is 11.8 Å². The smallest absolute Gasteiger partial charge is 0.322 e. The molecule has 0 N–H and O–H groups in total. The maximum atomic E-state index is 12.4. The van der Waals surface area contributed by atoms with Gasteiger partial charge in [-0.1, -0.05) is 23.9 Å². The van der Waals surface area contributed by atoms with Crippen molar-refractivity contribution in [1.29, 1.82) is 0 Å². The maximum absolute atomic E-state index is 12.4. The fourth-order valence-electron chi connectivity index (χ4n) is 2.92. The lowest BCUT2D eigenvalue weighted by atomic mass is 10.0. The van der Waals surface area contributed by atoms with E-state index in [1.54, 1.807) is 17.7 Å². The maximum Gasteiger partial charge on any atom is 0.322 e. The molecule has 3 aromatic rings. The van der Waals surface area contributed by atoms with Crippen LogP contribution >= 0.6 is 23.1 Å². The molecule has 0 amide bonds. The van der Waals surface area contributed by atoms with Gasteiger partial charge in [0.25, 0.3) is 0 Å². The van der Waals surface area contributed by atoms with Crippen LogP contribution in [0.1, 0.15) is 32.6 Å². The minimum atomic E-state index is -0.747. The summed E-state index contributed by atoms with van der Waals surface area (Å²) in [7, 11) is 0. The van der Waals surface area contributed by atoms with E-state index in [9.17, 15) is 4.79 Å². The standard InChI is InChI=1S/C21H24N2O3S2/c1-6-25-15-10-8-14(9-11-15)16-13(3)27-18-17(16)19(23-12-22-18)28-21(4,5)20(24)26-7-2/h8-12H,6-7H2,1-5H3. The highest BCUT2D eigenvalue weighted by Crippen LogP contribution is 2.44.